The summed E-state index contributed by atoms with van der Waals surface area (Å²) in [6.45, 7) is 5.26. The Bertz CT molecular complexity index is 479. The number of likely N-dealkylation sites (tertiary alicyclic amines) is 1. The van der Waals surface area contributed by atoms with Gasteiger partial charge in [0.1, 0.15) is 5.82 Å². The van der Waals surface area contributed by atoms with Gasteiger partial charge in [0.2, 0.25) is 5.91 Å². The zero-order chi connectivity index (χ0) is 14.4. The average molecular weight is 276 g/mol. The van der Waals surface area contributed by atoms with Crippen molar-refractivity contribution in [1.82, 2.24) is 10.2 Å². The topological polar surface area (TPSA) is 32.3 Å². The van der Waals surface area contributed by atoms with Crippen molar-refractivity contribution in [3.63, 3.8) is 0 Å². The first-order chi connectivity index (χ1) is 9.69. The Labute approximate surface area is 119 Å². The maximum Gasteiger partial charge on any atom is 0.244 e. The third kappa shape index (κ3) is 4.17. The van der Waals surface area contributed by atoms with Gasteiger partial charge in [0, 0.05) is 30.8 Å². The highest BCUT2D eigenvalue weighted by molar-refractivity contribution is 5.91. The molecule has 0 atom stereocenters. The molecule has 0 radical (unpaired) electrons. The summed E-state index contributed by atoms with van der Waals surface area (Å²) in [5.74, 6) is -0.462. The maximum atomic E-state index is 13.4. The number of halogens is 1. The maximum absolute atomic E-state index is 13.4. The van der Waals surface area contributed by atoms with Crippen molar-refractivity contribution in [2.45, 2.75) is 25.8 Å². The van der Waals surface area contributed by atoms with Crippen molar-refractivity contribution in [1.29, 1.82) is 0 Å². The molecule has 1 N–H and O–H groups in total. The summed E-state index contributed by atoms with van der Waals surface area (Å²) >= 11 is 0. The predicted octanol–water partition coefficient (Wildman–Crippen LogP) is 2.44. The van der Waals surface area contributed by atoms with E-state index in [4.69, 9.17) is 0 Å². The molecule has 2 rings (SSSR count). The average Bonchev–Trinajstić information content (AvgIpc) is 2.47. The SMILES string of the molecule is CCN1CCC(NC(=O)/C=C/c2ccccc2F)CC1. The Hall–Kier alpha value is -1.68. The zero-order valence-electron chi connectivity index (χ0n) is 11.8. The van der Waals surface area contributed by atoms with Crippen LogP contribution in [0.3, 0.4) is 0 Å². The Balaban J connectivity index is 1.83. The fraction of sp³-hybridized carbons (Fsp3) is 0.438. The van der Waals surface area contributed by atoms with Crippen LogP contribution >= 0.6 is 0 Å². The lowest BCUT2D eigenvalue weighted by Gasteiger charge is -2.31. The molecule has 0 spiro atoms. The normalized spacial score (nSPS) is 17.5. The van der Waals surface area contributed by atoms with Crippen LogP contribution in [-0.4, -0.2) is 36.5 Å². The van der Waals surface area contributed by atoms with Crippen molar-refractivity contribution < 1.29 is 9.18 Å². The number of hydrogen-bond donors (Lipinski definition) is 1. The molecule has 1 amide bonds. The summed E-state index contributed by atoms with van der Waals surface area (Å²) in [5, 5.41) is 2.98. The van der Waals surface area contributed by atoms with E-state index in [-0.39, 0.29) is 17.8 Å². The van der Waals surface area contributed by atoms with Gasteiger partial charge in [-0.25, -0.2) is 4.39 Å². The number of hydrogen-bond acceptors (Lipinski definition) is 2. The van der Waals surface area contributed by atoms with Gasteiger partial charge < -0.3 is 10.2 Å². The van der Waals surface area contributed by atoms with E-state index in [9.17, 15) is 9.18 Å². The Morgan fingerprint density at radius 1 is 1.40 bits per heavy atom. The quantitative estimate of drug-likeness (QED) is 0.857. The van der Waals surface area contributed by atoms with Crippen molar-refractivity contribution >= 4 is 12.0 Å². The molecule has 3 nitrogen and oxygen atoms in total. The van der Waals surface area contributed by atoms with Gasteiger partial charge in [0.25, 0.3) is 0 Å². The third-order valence-electron chi connectivity index (χ3n) is 3.70. The van der Waals surface area contributed by atoms with E-state index in [1.165, 1.54) is 18.2 Å². The van der Waals surface area contributed by atoms with Crippen LogP contribution in [0, 0.1) is 5.82 Å². The summed E-state index contributed by atoms with van der Waals surface area (Å²) in [4.78, 5) is 14.2. The number of benzene rings is 1. The monoisotopic (exact) mass is 276 g/mol. The molecule has 0 unspecified atom stereocenters. The highest BCUT2D eigenvalue weighted by atomic mass is 19.1. The van der Waals surface area contributed by atoms with Crippen molar-refractivity contribution in [2.75, 3.05) is 19.6 Å². The molecule has 1 fully saturated rings. The van der Waals surface area contributed by atoms with Crippen LogP contribution in [0.25, 0.3) is 6.08 Å². The summed E-state index contributed by atoms with van der Waals surface area (Å²) in [6, 6.07) is 6.65. The molecule has 20 heavy (non-hydrogen) atoms. The number of piperidine rings is 1. The van der Waals surface area contributed by atoms with Gasteiger partial charge in [-0.15, -0.1) is 0 Å². The molecule has 108 valence electrons. The summed E-state index contributed by atoms with van der Waals surface area (Å²) in [7, 11) is 0. The Morgan fingerprint density at radius 3 is 2.75 bits per heavy atom. The van der Waals surface area contributed by atoms with Gasteiger partial charge in [-0.2, -0.15) is 0 Å². The highest BCUT2D eigenvalue weighted by Crippen LogP contribution is 2.10. The minimum Gasteiger partial charge on any atom is -0.350 e. The summed E-state index contributed by atoms with van der Waals surface area (Å²) < 4.78 is 13.4. The van der Waals surface area contributed by atoms with E-state index in [0.29, 0.717) is 5.56 Å². The summed E-state index contributed by atoms with van der Waals surface area (Å²) in [5.41, 5.74) is 0.434. The first-order valence-electron chi connectivity index (χ1n) is 7.14. The van der Waals surface area contributed by atoms with Crippen LogP contribution in [0.5, 0.6) is 0 Å². The number of nitrogens with zero attached hydrogens (tertiary/aromatic N) is 1. The molecule has 1 aliphatic heterocycles. The number of carbonyl (C=O) groups is 1. The largest absolute Gasteiger partial charge is 0.350 e. The van der Waals surface area contributed by atoms with Crippen LogP contribution < -0.4 is 5.32 Å². The van der Waals surface area contributed by atoms with Crippen LogP contribution in [0.1, 0.15) is 25.3 Å². The van der Waals surface area contributed by atoms with Crippen LogP contribution in [0.2, 0.25) is 0 Å². The molecule has 0 aromatic heterocycles. The fourth-order valence-corrected chi connectivity index (χ4v) is 2.42. The van der Waals surface area contributed by atoms with Gasteiger partial charge in [0.15, 0.2) is 0 Å². The van der Waals surface area contributed by atoms with Crippen LogP contribution in [-0.2, 0) is 4.79 Å². The van der Waals surface area contributed by atoms with Crippen molar-refractivity contribution in [3.05, 3.63) is 41.7 Å². The molecule has 0 aliphatic carbocycles. The lowest BCUT2D eigenvalue weighted by molar-refractivity contribution is -0.117. The van der Waals surface area contributed by atoms with Gasteiger partial charge >= 0.3 is 0 Å². The van der Waals surface area contributed by atoms with Gasteiger partial charge in [0.05, 0.1) is 0 Å². The van der Waals surface area contributed by atoms with Gasteiger partial charge in [-0.1, -0.05) is 25.1 Å². The first kappa shape index (κ1) is 14.7. The molecule has 1 saturated heterocycles. The summed E-state index contributed by atoms with van der Waals surface area (Å²) in [6.07, 6.45) is 4.89. The van der Waals surface area contributed by atoms with E-state index in [0.717, 1.165) is 32.5 Å². The van der Waals surface area contributed by atoms with Gasteiger partial charge in [-0.05, 0) is 31.5 Å². The van der Waals surface area contributed by atoms with Gasteiger partial charge in [-0.3, -0.25) is 4.79 Å². The molecule has 1 aromatic rings. The van der Waals surface area contributed by atoms with E-state index < -0.39 is 0 Å². The van der Waals surface area contributed by atoms with E-state index in [2.05, 4.69) is 17.1 Å². The molecular weight excluding hydrogens is 255 g/mol. The molecule has 0 bridgehead atoms. The molecule has 1 aromatic carbocycles. The zero-order valence-corrected chi connectivity index (χ0v) is 11.8. The van der Waals surface area contributed by atoms with E-state index in [1.54, 1.807) is 18.2 Å². The lowest BCUT2D eigenvalue weighted by atomic mass is 10.1. The second-order valence-electron chi connectivity index (χ2n) is 5.07. The fourth-order valence-electron chi connectivity index (χ4n) is 2.42. The second kappa shape index (κ2) is 7.20. The third-order valence-corrected chi connectivity index (χ3v) is 3.70. The van der Waals surface area contributed by atoms with E-state index in [1.807, 2.05) is 0 Å². The molecule has 1 aliphatic rings. The molecule has 0 saturated carbocycles. The standard InChI is InChI=1S/C16H21FN2O/c1-2-19-11-9-14(10-12-19)18-16(20)8-7-13-5-3-4-6-15(13)17/h3-8,14H,2,9-12H2,1H3,(H,18,20)/b8-7+. The Kier molecular flexibility index (Phi) is 5.30. The first-order valence-corrected chi connectivity index (χ1v) is 7.14. The molecular formula is C16H21FN2O. The van der Waals surface area contributed by atoms with Crippen LogP contribution in [0.15, 0.2) is 30.3 Å². The van der Waals surface area contributed by atoms with Crippen molar-refractivity contribution in [3.8, 4) is 0 Å². The molecule has 1 heterocycles. The Morgan fingerprint density at radius 2 is 2.10 bits per heavy atom. The van der Waals surface area contributed by atoms with Crippen LogP contribution in [0.4, 0.5) is 4.39 Å². The number of nitrogens with one attached hydrogen (secondary N) is 1. The smallest absolute Gasteiger partial charge is 0.244 e. The lowest BCUT2D eigenvalue weighted by Crippen LogP contribution is -2.44. The van der Waals surface area contributed by atoms with E-state index >= 15 is 0 Å². The van der Waals surface area contributed by atoms with Crippen molar-refractivity contribution in [2.24, 2.45) is 0 Å². The molecule has 4 heteroatoms. The highest BCUT2D eigenvalue weighted by Gasteiger charge is 2.18. The number of carbonyl (C=O) groups excluding carboxylic acids is 1. The predicted molar refractivity (Wildman–Crippen MR) is 78.7 cm³/mol. The number of rotatable bonds is 4. The second-order valence-corrected chi connectivity index (χ2v) is 5.07. The minimum atomic E-state index is -0.312. The minimum absolute atomic E-state index is 0.150. The number of amides is 1.